The Morgan fingerprint density at radius 2 is 1.90 bits per heavy atom. The Morgan fingerprint density at radius 1 is 1.25 bits per heavy atom. The van der Waals surface area contributed by atoms with Crippen molar-refractivity contribution in [3.63, 3.8) is 0 Å². The average molecular weight is 286 g/mol. The van der Waals surface area contributed by atoms with E-state index in [2.05, 4.69) is 11.4 Å². The van der Waals surface area contributed by atoms with Gasteiger partial charge in [0.2, 0.25) is 0 Å². The molecule has 0 amide bonds. The normalized spacial score (nSPS) is 18.6. The van der Waals surface area contributed by atoms with E-state index in [9.17, 15) is 22.8 Å². The monoisotopic (exact) mass is 286 g/mol. The van der Waals surface area contributed by atoms with Gasteiger partial charge in [0.05, 0.1) is 17.0 Å². The fraction of sp³-hybridized carbons (Fsp3) is 0.500. The highest BCUT2D eigenvalue weighted by molar-refractivity contribution is 5.32. The Balaban J connectivity index is 2.36. The summed E-state index contributed by atoms with van der Waals surface area (Å²) < 4.78 is 51.9. The molecular formula is C14H14F4N2. The Bertz CT molecular complexity index is 525. The van der Waals surface area contributed by atoms with Crippen molar-refractivity contribution in [2.24, 2.45) is 5.41 Å². The second-order valence-electron chi connectivity index (χ2n) is 5.12. The van der Waals surface area contributed by atoms with Crippen LogP contribution in [0.25, 0.3) is 0 Å². The molecule has 2 rings (SSSR count). The molecule has 1 fully saturated rings. The van der Waals surface area contributed by atoms with E-state index in [0.29, 0.717) is 32.0 Å². The van der Waals surface area contributed by atoms with Crippen LogP contribution in [0.15, 0.2) is 18.2 Å². The van der Waals surface area contributed by atoms with E-state index in [-0.39, 0.29) is 12.0 Å². The lowest BCUT2D eigenvalue weighted by Crippen LogP contribution is -2.37. The fourth-order valence-corrected chi connectivity index (χ4v) is 2.56. The van der Waals surface area contributed by atoms with Crippen molar-refractivity contribution >= 4 is 0 Å². The Hall–Kier alpha value is -1.61. The fourth-order valence-electron chi connectivity index (χ4n) is 2.56. The van der Waals surface area contributed by atoms with Crippen LogP contribution >= 0.6 is 0 Å². The van der Waals surface area contributed by atoms with Gasteiger partial charge in [-0.2, -0.15) is 18.4 Å². The molecule has 0 unspecified atom stereocenters. The van der Waals surface area contributed by atoms with Crippen LogP contribution in [-0.4, -0.2) is 13.1 Å². The summed E-state index contributed by atoms with van der Waals surface area (Å²) in [6.45, 7) is 1.21. The number of hydrogen-bond acceptors (Lipinski definition) is 2. The molecule has 1 aromatic carbocycles. The first-order chi connectivity index (χ1) is 9.36. The molecule has 1 aliphatic rings. The molecule has 1 saturated heterocycles. The first-order valence-corrected chi connectivity index (χ1v) is 6.34. The molecule has 20 heavy (non-hydrogen) atoms. The zero-order valence-corrected chi connectivity index (χ0v) is 10.7. The van der Waals surface area contributed by atoms with Gasteiger partial charge in [0.1, 0.15) is 5.82 Å². The van der Waals surface area contributed by atoms with Crippen LogP contribution in [0.5, 0.6) is 0 Å². The predicted octanol–water partition coefficient (Wildman–Crippen LogP) is 3.28. The number of nitrogens with one attached hydrogen (secondary N) is 1. The van der Waals surface area contributed by atoms with E-state index in [1.54, 1.807) is 0 Å². The number of hydrogen-bond donors (Lipinski definition) is 1. The molecule has 1 aliphatic heterocycles. The molecule has 6 heteroatoms. The van der Waals surface area contributed by atoms with E-state index < -0.39 is 23.0 Å². The van der Waals surface area contributed by atoms with E-state index in [4.69, 9.17) is 0 Å². The van der Waals surface area contributed by atoms with Gasteiger partial charge in [-0.25, -0.2) is 4.39 Å². The minimum absolute atomic E-state index is 0.000301. The van der Waals surface area contributed by atoms with E-state index in [1.807, 2.05) is 0 Å². The van der Waals surface area contributed by atoms with Gasteiger partial charge in [-0.15, -0.1) is 0 Å². The Morgan fingerprint density at radius 3 is 2.45 bits per heavy atom. The van der Waals surface area contributed by atoms with Crippen LogP contribution in [0, 0.1) is 22.6 Å². The van der Waals surface area contributed by atoms with Crippen molar-refractivity contribution in [2.45, 2.75) is 25.4 Å². The summed E-state index contributed by atoms with van der Waals surface area (Å²) in [4.78, 5) is 0. The summed E-state index contributed by atoms with van der Waals surface area (Å²) in [5.41, 5.74) is -1.80. The average Bonchev–Trinajstić information content (AvgIpc) is 2.41. The largest absolute Gasteiger partial charge is 0.416 e. The quantitative estimate of drug-likeness (QED) is 0.847. The van der Waals surface area contributed by atoms with Crippen molar-refractivity contribution in [3.05, 3.63) is 35.1 Å². The highest BCUT2D eigenvalue weighted by atomic mass is 19.4. The summed E-state index contributed by atoms with van der Waals surface area (Å²) in [5, 5.41) is 12.4. The second-order valence-corrected chi connectivity index (χ2v) is 5.12. The lowest BCUT2D eigenvalue weighted by Gasteiger charge is -2.32. The third-order valence-corrected chi connectivity index (χ3v) is 3.70. The Labute approximate surface area is 114 Å². The second kappa shape index (κ2) is 5.41. The van der Waals surface area contributed by atoms with E-state index in [1.165, 1.54) is 0 Å². The molecule has 0 atom stereocenters. The van der Waals surface area contributed by atoms with Gasteiger partial charge in [-0.1, -0.05) is 6.07 Å². The van der Waals surface area contributed by atoms with Gasteiger partial charge in [-0.05, 0) is 50.0 Å². The topological polar surface area (TPSA) is 35.8 Å². The molecule has 1 heterocycles. The molecule has 0 saturated carbocycles. The molecule has 1 aromatic rings. The smallest absolute Gasteiger partial charge is 0.317 e. The van der Waals surface area contributed by atoms with Crippen molar-refractivity contribution in [1.82, 2.24) is 5.32 Å². The molecule has 0 aliphatic carbocycles. The number of halogens is 4. The summed E-state index contributed by atoms with van der Waals surface area (Å²) >= 11 is 0. The first-order valence-electron chi connectivity index (χ1n) is 6.34. The van der Waals surface area contributed by atoms with Crippen molar-refractivity contribution < 1.29 is 17.6 Å². The molecule has 0 spiro atoms. The van der Waals surface area contributed by atoms with E-state index in [0.717, 1.165) is 12.1 Å². The zero-order valence-electron chi connectivity index (χ0n) is 10.7. The van der Waals surface area contributed by atoms with Crippen LogP contribution in [0.3, 0.4) is 0 Å². The molecule has 1 N–H and O–H groups in total. The zero-order chi connectivity index (χ0) is 14.8. The van der Waals surface area contributed by atoms with Crippen molar-refractivity contribution in [3.8, 4) is 6.07 Å². The van der Waals surface area contributed by atoms with Gasteiger partial charge in [-0.3, -0.25) is 0 Å². The van der Waals surface area contributed by atoms with Crippen molar-refractivity contribution in [1.29, 1.82) is 5.26 Å². The lowest BCUT2D eigenvalue weighted by molar-refractivity contribution is -0.138. The number of nitrogens with zero attached hydrogens (tertiary/aromatic N) is 1. The maximum atomic E-state index is 13.1. The van der Waals surface area contributed by atoms with Gasteiger partial charge in [0.15, 0.2) is 0 Å². The highest BCUT2D eigenvalue weighted by Gasteiger charge is 2.38. The minimum Gasteiger partial charge on any atom is -0.317 e. The minimum atomic E-state index is -4.61. The van der Waals surface area contributed by atoms with Gasteiger partial charge in [0, 0.05) is 0 Å². The molecule has 0 radical (unpaired) electrons. The van der Waals surface area contributed by atoms with Gasteiger partial charge >= 0.3 is 6.18 Å². The number of benzene rings is 1. The maximum absolute atomic E-state index is 13.1. The number of alkyl halides is 3. The summed E-state index contributed by atoms with van der Waals surface area (Å²) in [6, 6.07) is 4.81. The third kappa shape index (κ3) is 3.10. The van der Waals surface area contributed by atoms with Crippen molar-refractivity contribution in [2.75, 3.05) is 13.1 Å². The lowest BCUT2D eigenvalue weighted by atomic mass is 9.75. The molecule has 2 nitrogen and oxygen atoms in total. The van der Waals surface area contributed by atoms with Gasteiger partial charge < -0.3 is 5.32 Å². The van der Waals surface area contributed by atoms with Crippen LogP contribution in [-0.2, 0) is 12.6 Å². The first kappa shape index (κ1) is 14.8. The van der Waals surface area contributed by atoms with Crippen LogP contribution in [0.1, 0.15) is 24.0 Å². The standard InChI is InChI=1S/C14H14F4N2/c15-11-2-1-10(12(7-11)14(16,17)18)8-13(9-19)3-5-20-6-4-13/h1-2,7,20H,3-6,8H2. The SMILES string of the molecule is N#CC1(Cc2ccc(F)cc2C(F)(F)F)CCNCC1. The molecule has 0 bridgehead atoms. The number of piperidine rings is 1. The molecule has 108 valence electrons. The summed E-state index contributed by atoms with van der Waals surface area (Å²) in [6.07, 6.45) is -3.61. The summed E-state index contributed by atoms with van der Waals surface area (Å²) in [7, 11) is 0. The summed E-state index contributed by atoms with van der Waals surface area (Å²) in [5.74, 6) is -0.919. The molecular weight excluding hydrogens is 272 g/mol. The number of nitriles is 1. The van der Waals surface area contributed by atoms with Crippen LogP contribution in [0.2, 0.25) is 0 Å². The van der Waals surface area contributed by atoms with Crippen LogP contribution in [0.4, 0.5) is 17.6 Å². The van der Waals surface area contributed by atoms with Crippen LogP contribution < -0.4 is 5.32 Å². The Kier molecular flexibility index (Phi) is 4.00. The number of rotatable bonds is 2. The van der Waals surface area contributed by atoms with E-state index >= 15 is 0 Å². The maximum Gasteiger partial charge on any atom is 0.416 e. The molecule has 0 aromatic heterocycles. The van der Waals surface area contributed by atoms with Gasteiger partial charge in [0.25, 0.3) is 0 Å². The highest BCUT2D eigenvalue weighted by Crippen LogP contribution is 2.38. The third-order valence-electron chi connectivity index (χ3n) is 3.70. The predicted molar refractivity (Wildman–Crippen MR) is 65.3 cm³/mol.